The lowest BCUT2D eigenvalue weighted by molar-refractivity contribution is -0.140. The Kier molecular flexibility index (Phi) is 6.10. The molecule has 0 bridgehead atoms. The molecule has 168 valence electrons. The Morgan fingerprint density at radius 3 is 2.59 bits per heavy atom. The predicted molar refractivity (Wildman–Crippen MR) is 123 cm³/mol. The molecule has 3 unspecified atom stereocenters. The first-order chi connectivity index (χ1) is 15.2. The largest absolute Gasteiger partial charge is 0.480 e. The third kappa shape index (κ3) is 4.30. The predicted octanol–water partition coefficient (Wildman–Crippen LogP) is 3.86. The van der Waals surface area contributed by atoms with Gasteiger partial charge in [-0.3, -0.25) is 4.79 Å². The number of hydrogen-bond acceptors (Lipinski definition) is 6. The summed E-state index contributed by atoms with van der Waals surface area (Å²) in [6.07, 6.45) is 2.19. The summed E-state index contributed by atoms with van der Waals surface area (Å²) < 4.78 is 32.5. The van der Waals surface area contributed by atoms with Crippen molar-refractivity contribution in [2.75, 3.05) is 7.11 Å². The van der Waals surface area contributed by atoms with Crippen molar-refractivity contribution in [1.29, 1.82) is 0 Å². The van der Waals surface area contributed by atoms with Crippen LogP contribution in [-0.2, 0) is 19.6 Å². The minimum atomic E-state index is -3.96. The van der Waals surface area contributed by atoms with Gasteiger partial charge >= 0.3 is 11.9 Å². The maximum absolute atomic E-state index is 13.1. The van der Waals surface area contributed by atoms with E-state index in [1.54, 1.807) is 36.4 Å². The molecule has 1 heterocycles. The molecule has 2 N–H and O–H groups in total. The Balaban J connectivity index is 1.51. The zero-order chi connectivity index (χ0) is 23.1. The van der Waals surface area contributed by atoms with E-state index in [2.05, 4.69) is 4.72 Å². The topological polar surface area (TPSA) is 110 Å². The second-order valence-electron chi connectivity index (χ2n) is 7.66. The number of methoxy groups -OCH3 is 1. The summed E-state index contributed by atoms with van der Waals surface area (Å²) >= 11 is 7.09. The average Bonchev–Trinajstić information content (AvgIpc) is 3.27. The first-order valence-electron chi connectivity index (χ1n) is 9.73. The van der Waals surface area contributed by atoms with Crippen LogP contribution in [0.4, 0.5) is 0 Å². The number of carboxylic acid groups (broad SMARTS) is 1. The Morgan fingerprint density at radius 1 is 1.22 bits per heavy atom. The lowest BCUT2D eigenvalue weighted by Crippen LogP contribution is -2.47. The first-order valence-corrected chi connectivity index (χ1v) is 12.5. The van der Waals surface area contributed by atoms with Crippen molar-refractivity contribution >= 4 is 50.2 Å². The quantitative estimate of drug-likeness (QED) is 0.563. The van der Waals surface area contributed by atoms with Gasteiger partial charge in [0.25, 0.3) is 0 Å². The van der Waals surface area contributed by atoms with Crippen LogP contribution in [0.25, 0.3) is 4.91 Å². The number of esters is 1. The van der Waals surface area contributed by atoms with Crippen LogP contribution in [0.5, 0.6) is 0 Å². The number of carbonyl (C=O) groups is 2. The van der Waals surface area contributed by atoms with Crippen molar-refractivity contribution in [2.45, 2.75) is 28.9 Å². The van der Waals surface area contributed by atoms with Crippen LogP contribution in [0, 0.1) is 0 Å². The van der Waals surface area contributed by atoms with Gasteiger partial charge in [-0.1, -0.05) is 41.9 Å². The van der Waals surface area contributed by atoms with Crippen molar-refractivity contribution < 1.29 is 27.9 Å². The summed E-state index contributed by atoms with van der Waals surface area (Å²) in [4.78, 5) is 24.7. The van der Waals surface area contributed by atoms with Gasteiger partial charge in [0.2, 0.25) is 10.0 Å². The number of sulfonamides is 1. The van der Waals surface area contributed by atoms with E-state index in [1.165, 1.54) is 18.9 Å². The molecular weight excluding hydrogens is 474 g/mol. The number of aliphatic carboxylic acids is 1. The molecule has 0 spiro atoms. The highest BCUT2D eigenvalue weighted by Gasteiger charge is 2.64. The van der Waals surface area contributed by atoms with Gasteiger partial charge < -0.3 is 9.84 Å². The Labute approximate surface area is 194 Å². The molecule has 2 aliphatic rings. The second kappa shape index (κ2) is 8.55. The maximum Gasteiger partial charge on any atom is 0.337 e. The summed E-state index contributed by atoms with van der Waals surface area (Å²) in [6, 6.07) is 13.5. The highest BCUT2D eigenvalue weighted by Crippen LogP contribution is 2.53. The van der Waals surface area contributed by atoms with Crippen molar-refractivity contribution in [3.8, 4) is 0 Å². The number of nitrogens with one attached hydrogen (secondary N) is 1. The molecule has 10 heteroatoms. The van der Waals surface area contributed by atoms with Crippen LogP contribution in [0.3, 0.4) is 0 Å². The molecule has 1 aliphatic carbocycles. The van der Waals surface area contributed by atoms with Crippen molar-refractivity contribution in [3.05, 3.63) is 76.3 Å². The number of halogens is 1. The molecule has 2 aromatic carbocycles. The SMILES string of the molecule is COC(=O)c1cccc(C2CC2(NS(=O)(=O)C2CC=C(c3ccc(Cl)cc3)S2)C(=O)O)c1. The molecule has 1 fully saturated rings. The summed E-state index contributed by atoms with van der Waals surface area (Å²) in [5.74, 6) is -2.38. The van der Waals surface area contributed by atoms with Gasteiger partial charge in [-0.05, 0) is 48.2 Å². The van der Waals surface area contributed by atoms with Gasteiger partial charge in [0.15, 0.2) is 0 Å². The van der Waals surface area contributed by atoms with Gasteiger partial charge in [-0.15, -0.1) is 11.8 Å². The third-order valence-corrected chi connectivity index (χ3v) is 9.55. The van der Waals surface area contributed by atoms with Gasteiger partial charge in [0.05, 0.1) is 12.7 Å². The van der Waals surface area contributed by atoms with E-state index in [-0.39, 0.29) is 18.4 Å². The molecule has 3 atom stereocenters. The summed E-state index contributed by atoms with van der Waals surface area (Å²) in [5.41, 5.74) is 0.0604. The number of thioether (sulfide) groups is 1. The smallest absolute Gasteiger partial charge is 0.337 e. The number of carboxylic acids is 1. The van der Waals surface area contributed by atoms with E-state index in [0.717, 1.165) is 10.5 Å². The zero-order valence-corrected chi connectivity index (χ0v) is 19.3. The first kappa shape index (κ1) is 22.8. The fourth-order valence-electron chi connectivity index (χ4n) is 3.81. The van der Waals surface area contributed by atoms with Gasteiger partial charge in [-0.2, -0.15) is 4.72 Å². The van der Waals surface area contributed by atoms with Crippen LogP contribution in [0.15, 0.2) is 54.6 Å². The number of allylic oxidation sites excluding steroid dienone is 1. The molecule has 0 amide bonds. The molecule has 7 nitrogen and oxygen atoms in total. The number of benzene rings is 2. The maximum atomic E-state index is 13.1. The van der Waals surface area contributed by atoms with E-state index >= 15 is 0 Å². The van der Waals surface area contributed by atoms with E-state index in [9.17, 15) is 23.1 Å². The molecule has 0 saturated heterocycles. The Bertz CT molecular complexity index is 1210. The van der Waals surface area contributed by atoms with E-state index in [1.807, 2.05) is 18.2 Å². The third-order valence-electron chi connectivity index (χ3n) is 5.61. The molecule has 1 saturated carbocycles. The molecule has 0 aromatic heterocycles. The molecular formula is C22H20ClNO6S2. The number of carbonyl (C=O) groups excluding carboxylic acids is 1. The minimum Gasteiger partial charge on any atom is -0.480 e. The summed E-state index contributed by atoms with van der Waals surface area (Å²) in [5, 5.41) is 10.5. The van der Waals surface area contributed by atoms with Crippen molar-refractivity contribution in [3.63, 3.8) is 0 Å². The lowest BCUT2D eigenvalue weighted by atomic mass is 10.0. The molecule has 2 aromatic rings. The number of ether oxygens (including phenoxy) is 1. The van der Waals surface area contributed by atoms with E-state index < -0.39 is 38.0 Å². The summed E-state index contributed by atoms with van der Waals surface area (Å²) in [6.45, 7) is 0. The average molecular weight is 494 g/mol. The molecule has 1 aliphatic heterocycles. The van der Waals surface area contributed by atoms with Crippen molar-refractivity contribution in [1.82, 2.24) is 4.72 Å². The standard InChI is InChI=1S/C22H20ClNO6S2/c1-30-20(25)15-4-2-3-14(11-15)17-12-22(17,21(26)27)24-32(28,29)19-10-9-18(31-19)13-5-7-16(23)8-6-13/h2-9,11,17,19,24H,10,12H2,1H3,(H,26,27). The van der Waals surface area contributed by atoms with Crippen LogP contribution in [0.1, 0.15) is 40.2 Å². The highest BCUT2D eigenvalue weighted by atomic mass is 35.5. The van der Waals surface area contributed by atoms with Crippen molar-refractivity contribution in [2.24, 2.45) is 0 Å². The van der Waals surface area contributed by atoms with E-state index in [0.29, 0.717) is 10.6 Å². The number of rotatable bonds is 7. The van der Waals surface area contributed by atoms with Crippen LogP contribution >= 0.6 is 23.4 Å². The molecule has 4 rings (SSSR count). The van der Waals surface area contributed by atoms with Gasteiger partial charge in [0.1, 0.15) is 10.1 Å². The Hall–Kier alpha value is -2.33. The lowest BCUT2D eigenvalue weighted by Gasteiger charge is -2.19. The fraction of sp³-hybridized carbons (Fsp3) is 0.273. The molecule has 32 heavy (non-hydrogen) atoms. The monoisotopic (exact) mass is 493 g/mol. The zero-order valence-electron chi connectivity index (χ0n) is 16.9. The van der Waals surface area contributed by atoms with Crippen LogP contribution < -0.4 is 4.72 Å². The molecule has 0 radical (unpaired) electrons. The normalized spacial score (nSPS) is 24.6. The van der Waals surface area contributed by atoms with Gasteiger partial charge in [0, 0.05) is 15.8 Å². The van der Waals surface area contributed by atoms with Gasteiger partial charge in [-0.25, -0.2) is 13.2 Å². The fourth-order valence-corrected chi connectivity index (χ4v) is 7.14. The Morgan fingerprint density at radius 2 is 1.94 bits per heavy atom. The minimum absolute atomic E-state index is 0.0983. The highest BCUT2D eigenvalue weighted by molar-refractivity contribution is 8.18. The van der Waals surface area contributed by atoms with E-state index in [4.69, 9.17) is 16.3 Å². The second-order valence-corrected chi connectivity index (χ2v) is 11.5. The van der Waals surface area contributed by atoms with Crippen LogP contribution in [-0.4, -0.2) is 42.7 Å². The summed E-state index contributed by atoms with van der Waals surface area (Å²) in [7, 11) is -2.70. The number of hydrogen-bond donors (Lipinski definition) is 2. The van der Waals surface area contributed by atoms with Crippen LogP contribution in [0.2, 0.25) is 5.02 Å².